The van der Waals surface area contributed by atoms with Crippen LogP contribution in [0.1, 0.15) is 54.3 Å². The minimum Gasteiger partial charge on any atom is -0.492 e. The predicted octanol–water partition coefficient (Wildman–Crippen LogP) is 1.60. The number of imide groups is 1. The van der Waals surface area contributed by atoms with E-state index in [0.717, 1.165) is 17.1 Å². The largest absolute Gasteiger partial charge is 0.492 e. The van der Waals surface area contributed by atoms with Crippen LogP contribution in [0.3, 0.4) is 0 Å². The fraction of sp³-hybridized carbons (Fsp3) is 0.759. The molecule has 0 spiro atoms. The van der Waals surface area contributed by atoms with Gasteiger partial charge in [0, 0.05) is 45.9 Å². The molecule has 2 rings (SSSR count). The number of hydrogen-bond acceptors (Lipinski definition) is 23. The van der Waals surface area contributed by atoms with E-state index >= 15 is 0 Å². The molecule has 0 atom stereocenters. The fourth-order valence-electron chi connectivity index (χ4n) is 6.47. The molecule has 460 valence electrons. The maximum atomic E-state index is 13.9. The van der Waals surface area contributed by atoms with Gasteiger partial charge in [0.05, 0.1) is 222 Å². The highest BCUT2D eigenvalue weighted by Crippen LogP contribution is 2.32. The number of anilines is 1. The number of nitrogens with one attached hydrogen (secondary N) is 2. The average molecular weight is 1150 g/mol. The number of benzene rings is 1. The van der Waals surface area contributed by atoms with Crippen LogP contribution in [-0.2, 0) is 94.9 Å². The number of carbonyl (C=O) groups is 5. The molecule has 80 heavy (non-hydrogen) atoms. The average Bonchev–Trinajstić information content (AvgIpc) is 3.79. The van der Waals surface area contributed by atoms with Crippen LogP contribution in [0.5, 0.6) is 5.75 Å². The zero-order valence-corrected chi connectivity index (χ0v) is 47.9. The lowest BCUT2D eigenvalue weighted by Gasteiger charge is -2.21. The van der Waals surface area contributed by atoms with E-state index in [2.05, 4.69) is 10.6 Å². The third-order valence-electron chi connectivity index (χ3n) is 10.2. The molecule has 0 radical (unpaired) electrons. The van der Waals surface area contributed by atoms with Crippen molar-refractivity contribution in [1.82, 2.24) is 10.6 Å². The Hall–Kier alpha value is -4.33. The Labute approximate surface area is 471 Å². The SMILES string of the molecule is COCCOCCOCCOCCOCCOCCOCCOCCNC(=O)c1cc(N2C(=O)C=CC2=O)cc(C(=O)NCCOCCOCCOCCOCCOCCOCCOCCOC)c1OCCCC(=O)OC(C)(C)C. The van der Waals surface area contributed by atoms with E-state index in [0.29, 0.717) is 159 Å². The van der Waals surface area contributed by atoms with Crippen LogP contribution < -0.4 is 20.3 Å². The van der Waals surface area contributed by atoms with Crippen molar-refractivity contribution in [3.8, 4) is 5.75 Å². The molecule has 0 saturated carbocycles. The Kier molecular flexibility index (Phi) is 44.2. The van der Waals surface area contributed by atoms with Crippen LogP contribution in [0.2, 0.25) is 0 Å². The van der Waals surface area contributed by atoms with Crippen molar-refractivity contribution in [3.05, 3.63) is 35.4 Å². The first kappa shape index (κ1) is 71.8. The molecular weight excluding hydrogens is 1060 g/mol. The standard InChI is InChI=1S/C54H91N3O23/c1-54(2,3)80-50(60)7-6-12-79-51-46(52(61)55-10-13-65-19-21-69-27-29-73-35-37-77-41-39-75-33-31-71-25-23-67-17-15-63-4)43-45(57-48(58)8-9-49(57)59)44-47(51)53(62)56-11-14-66-20-22-70-28-30-74-36-38-78-42-40-76-34-32-72-26-24-68-18-16-64-5/h8-9,43-44H,6-7,10-42H2,1-5H3,(H,55,61)(H,56,62). The molecule has 1 aliphatic rings. The van der Waals surface area contributed by atoms with Gasteiger partial charge in [-0.2, -0.15) is 0 Å². The summed E-state index contributed by atoms with van der Waals surface area (Å²) in [6.45, 7) is 17.4. The molecule has 0 bridgehead atoms. The van der Waals surface area contributed by atoms with Crippen molar-refractivity contribution >= 4 is 35.3 Å². The molecule has 0 aliphatic carbocycles. The number of methoxy groups -OCH3 is 2. The number of esters is 1. The van der Waals surface area contributed by atoms with Gasteiger partial charge in [-0.3, -0.25) is 24.0 Å². The van der Waals surface area contributed by atoms with Crippen LogP contribution >= 0.6 is 0 Å². The third-order valence-corrected chi connectivity index (χ3v) is 10.2. The Morgan fingerprint density at radius 1 is 0.412 bits per heavy atom. The third kappa shape index (κ3) is 38.4. The molecule has 0 saturated heterocycles. The Bertz CT molecular complexity index is 1700. The van der Waals surface area contributed by atoms with Gasteiger partial charge in [0.25, 0.3) is 23.6 Å². The minimum absolute atomic E-state index is 0.00229. The van der Waals surface area contributed by atoms with E-state index in [4.69, 9.17) is 85.3 Å². The summed E-state index contributed by atoms with van der Waals surface area (Å²) in [6, 6.07) is 2.59. The van der Waals surface area contributed by atoms with Crippen molar-refractivity contribution in [2.24, 2.45) is 0 Å². The van der Waals surface area contributed by atoms with E-state index in [1.807, 2.05) is 0 Å². The van der Waals surface area contributed by atoms with Crippen LogP contribution in [0.4, 0.5) is 5.69 Å². The second-order valence-electron chi connectivity index (χ2n) is 17.8. The Morgan fingerprint density at radius 2 is 0.688 bits per heavy atom. The summed E-state index contributed by atoms with van der Waals surface area (Å²) >= 11 is 0. The highest BCUT2D eigenvalue weighted by Gasteiger charge is 2.30. The summed E-state index contributed by atoms with van der Waals surface area (Å²) in [7, 11) is 3.25. The van der Waals surface area contributed by atoms with Gasteiger partial charge in [-0.15, -0.1) is 0 Å². The first-order chi connectivity index (χ1) is 39.0. The maximum Gasteiger partial charge on any atom is 0.306 e. The second kappa shape index (κ2) is 49.3. The van der Waals surface area contributed by atoms with Crippen molar-refractivity contribution < 1.29 is 109 Å². The van der Waals surface area contributed by atoms with Crippen molar-refractivity contribution in [2.45, 2.75) is 39.2 Å². The number of hydrogen-bond donors (Lipinski definition) is 2. The first-order valence-corrected chi connectivity index (χ1v) is 27.2. The van der Waals surface area contributed by atoms with Crippen LogP contribution in [-0.4, -0.2) is 267 Å². The van der Waals surface area contributed by atoms with Gasteiger partial charge in [0.15, 0.2) is 0 Å². The lowest BCUT2D eigenvalue weighted by Crippen LogP contribution is -2.33. The van der Waals surface area contributed by atoms with Crippen molar-refractivity contribution in [2.75, 3.05) is 237 Å². The highest BCUT2D eigenvalue weighted by molar-refractivity contribution is 6.28. The normalized spacial score (nSPS) is 12.5. The van der Waals surface area contributed by atoms with E-state index < -0.39 is 35.2 Å². The topological polar surface area (TPSA) is 279 Å². The van der Waals surface area contributed by atoms with E-state index in [-0.39, 0.29) is 94.7 Å². The Balaban J connectivity index is 1.76. The maximum absolute atomic E-state index is 13.9. The molecule has 0 unspecified atom stereocenters. The molecule has 1 aliphatic heterocycles. The number of carbonyl (C=O) groups excluding carboxylic acids is 5. The van der Waals surface area contributed by atoms with Gasteiger partial charge in [-0.25, -0.2) is 4.90 Å². The van der Waals surface area contributed by atoms with Gasteiger partial charge in [0.1, 0.15) is 11.4 Å². The minimum atomic E-state index is -0.695. The molecule has 1 aromatic carbocycles. The van der Waals surface area contributed by atoms with Crippen LogP contribution in [0.15, 0.2) is 24.3 Å². The predicted molar refractivity (Wildman–Crippen MR) is 289 cm³/mol. The molecule has 26 heteroatoms. The lowest BCUT2D eigenvalue weighted by molar-refractivity contribution is -0.155. The monoisotopic (exact) mass is 1150 g/mol. The zero-order valence-electron chi connectivity index (χ0n) is 47.9. The van der Waals surface area contributed by atoms with Crippen molar-refractivity contribution in [3.63, 3.8) is 0 Å². The van der Waals surface area contributed by atoms with E-state index in [1.165, 1.54) is 12.1 Å². The fourth-order valence-corrected chi connectivity index (χ4v) is 6.47. The van der Waals surface area contributed by atoms with Gasteiger partial charge in [-0.1, -0.05) is 0 Å². The lowest BCUT2D eigenvalue weighted by atomic mass is 10.0. The summed E-state index contributed by atoms with van der Waals surface area (Å²) < 4.78 is 98.2. The quantitative estimate of drug-likeness (QED) is 0.0532. The van der Waals surface area contributed by atoms with E-state index in [1.54, 1.807) is 35.0 Å². The molecule has 0 fully saturated rings. The molecule has 2 N–H and O–H groups in total. The van der Waals surface area contributed by atoms with Gasteiger partial charge in [0.2, 0.25) is 0 Å². The van der Waals surface area contributed by atoms with E-state index in [9.17, 15) is 24.0 Å². The van der Waals surface area contributed by atoms with Crippen LogP contribution in [0.25, 0.3) is 0 Å². The summed E-state index contributed by atoms with van der Waals surface area (Å²) in [6.07, 6.45) is 2.35. The number of ether oxygens (including phenoxy) is 18. The molecular formula is C54H91N3O23. The Morgan fingerprint density at radius 3 is 0.963 bits per heavy atom. The van der Waals surface area contributed by atoms with Gasteiger partial charge in [-0.05, 0) is 39.3 Å². The molecule has 1 aromatic rings. The zero-order chi connectivity index (χ0) is 58.0. The van der Waals surface area contributed by atoms with Gasteiger partial charge < -0.3 is 95.9 Å². The summed E-state index contributed by atoms with van der Waals surface area (Å²) in [5, 5.41) is 5.50. The number of nitrogens with zero attached hydrogens (tertiary/aromatic N) is 1. The molecule has 26 nitrogen and oxygen atoms in total. The van der Waals surface area contributed by atoms with Crippen LogP contribution in [0, 0.1) is 0 Å². The molecule has 4 amide bonds. The van der Waals surface area contributed by atoms with Crippen molar-refractivity contribution in [1.29, 1.82) is 0 Å². The molecule has 1 heterocycles. The number of amides is 4. The van der Waals surface area contributed by atoms with Gasteiger partial charge >= 0.3 is 5.97 Å². The second-order valence-corrected chi connectivity index (χ2v) is 17.8. The summed E-state index contributed by atoms with van der Waals surface area (Å²) in [5.74, 6) is -3.26. The first-order valence-electron chi connectivity index (χ1n) is 27.2. The highest BCUT2D eigenvalue weighted by atomic mass is 16.6. The number of rotatable bonds is 56. The summed E-state index contributed by atoms with van der Waals surface area (Å²) in [4.78, 5) is 66.7. The summed E-state index contributed by atoms with van der Waals surface area (Å²) in [5.41, 5.74) is -1.00. The smallest absolute Gasteiger partial charge is 0.306 e. The molecule has 0 aromatic heterocycles.